The molecule has 4 rings (SSSR count). The zero-order chi connectivity index (χ0) is 24.6. The Morgan fingerprint density at radius 2 is 2.00 bits per heavy atom. The van der Waals surface area contributed by atoms with Crippen molar-refractivity contribution in [2.45, 2.75) is 58.3 Å². The lowest BCUT2D eigenvalue weighted by atomic mass is 9.93. The normalized spacial score (nSPS) is 14.6. The van der Waals surface area contributed by atoms with Crippen LogP contribution in [0.25, 0.3) is 11.1 Å². The third-order valence-corrected chi connectivity index (χ3v) is 6.02. The van der Waals surface area contributed by atoms with Gasteiger partial charge in [-0.3, -0.25) is 9.59 Å². The lowest BCUT2D eigenvalue weighted by Crippen LogP contribution is -2.14. The van der Waals surface area contributed by atoms with Crippen LogP contribution in [0.4, 0.5) is 10.2 Å². The van der Waals surface area contributed by atoms with Gasteiger partial charge in [-0.15, -0.1) is 0 Å². The Morgan fingerprint density at radius 1 is 1.26 bits per heavy atom. The molecule has 34 heavy (non-hydrogen) atoms. The number of hydrogen-bond donors (Lipinski definition) is 1. The van der Waals surface area contributed by atoms with Crippen LogP contribution in [0.15, 0.2) is 35.0 Å². The molecule has 0 saturated heterocycles. The van der Waals surface area contributed by atoms with Crippen LogP contribution in [0.2, 0.25) is 5.02 Å². The number of ketones is 1. The van der Waals surface area contributed by atoms with Crippen molar-refractivity contribution in [2.75, 3.05) is 5.32 Å². The van der Waals surface area contributed by atoms with E-state index in [4.69, 9.17) is 16.1 Å². The van der Waals surface area contributed by atoms with Crippen molar-refractivity contribution in [2.24, 2.45) is 5.92 Å². The molecule has 3 aromatic rings. The monoisotopic (exact) mass is 484 g/mol. The van der Waals surface area contributed by atoms with Crippen LogP contribution < -0.4 is 5.32 Å². The Balaban J connectivity index is 1.51. The highest BCUT2D eigenvalue weighted by atomic mass is 35.5. The molecule has 0 bridgehead atoms. The van der Waals surface area contributed by atoms with Crippen molar-refractivity contribution < 1.29 is 18.5 Å². The molecule has 1 fully saturated rings. The fourth-order valence-corrected chi connectivity index (χ4v) is 3.87. The van der Waals surface area contributed by atoms with Gasteiger partial charge < -0.3 is 9.84 Å². The Hall–Kier alpha value is -3.13. The summed E-state index contributed by atoms with van der Waals surface area (Å²) in [6.07, 6.45) is 3.32. The molecule has 9 heteroatoms. The van der Waals surface area contributed by atoms with Crippen LogP contribution >= 0.6 is 11.6 Å². The molecule has 7 nitrogen and oxygen atoms in total. The zero-order valence-corrected chi connectivity index (χ0v) is 20.2. The van der Waals surface area contributed by atoms with E-state index in [0.717, 1.165) is 12.8 Å². The van der Waals surface area contributed by atoms with Crippen LogP contribution in [-0.2, 0) is 10.2 Å². The number of Topliss-reactive ketones (excluding diaryl/α,β-unsaturated/α-hetero) is 1. The van der Waals surface area contributed by atoms with Crippen LogP contribution in [0.3, 0.4) is 0 Å². The van der Waals surface area contributed by atoms with E-state index in [-0.39, 0.29) is 46.7 Å². The number of hydrogen-bond acceptors (Lipinski definition) is 6. The number of carbonyl (C=O) groups excluding carboxylic acids is 2. The van der Waals surface area contributed by atoms with Crippen molar-refractivity contribution in [3.63, 3.8) is 0 Å². The zero-order valence-electron chi connectivity index (χ0n) is 19.5. The van der Waals surface area contributed by atoms with Gasteiger partial charge in [0.05, 0.1) is 0 Å². The third-order valence-electron chi connectivity index (χ3n) is 5.70. The van der Waals surface area contributed by atoms with Gasteiger partial charge in [0.2, 0.25) is 23.4 Å². The topological polar surface area (TPSA) is 98.0 Å². The molecule has 1 aromatic carbocycles. The van der Waals surface area contributed by atoms with E-state index in [0.29, 0.717) is 27.9 Å². The first-order valence-electron chi connectivity index (χ1n) is 11.2. The smallest absolute Gasteiger partial charge is 0.238 e. The van der Waals surface area contributed by atoms with Gasteiger partial charge in [-0.25, -0.2) is 9.37 Å². The maximum atomic E-state index is 15.1. The van der Waals surface area contributed by atoms with E-state index in [9.17, 15) is 9.59 Å². The van der Waals surface area contributed by atoms with E-state index in [1.54, 1.807) is 19.1 Å². The molecule has 1 atom stereocenters. The Bertz CT molecular complexity index is 1250. The minimum atomic E-state index is -0.487. The second-order valence-corrected chi connectivity index (χ2v) is 10.2. The molecule has 1 aliphatic rings. The average molecular weight is 485 g/mol. The molecule has 0 spiro atoms. The molecule has 1 saturated carbocycles. The van der Waals surface area contributed by atoms with Crippen LogP contribution in [0.5, 0.6) is 0 Å². The SMILES string of the molecule is C[C@@H](CC(=O)c1noc(C(C)(C)C)n1)c1cc(F)c(-c2ccnc(NC(=O)C3CC3)c2)cc1Cl. The molecular weight excluding hydrogens is 459 g/mol. The van der Waals surface area contributed by atoms with Crippen LogP contribution in [-0.4, -0.2) is 26.8 Å². The first-order valence-corrected chi connectivity index (χ1v) is 11.5. The summed E-state index contributed by atoms with van der Waals surface area (Å²) in [4.78, 5) is 33.0. The lowest BCUT2D eigenvalue weighted by molar-refractivity contribution is -0.117. The predicted octanol–water partition coefficient (Wildman–Crippen LogP) is 5.95. The summed E-state index contributed by atoms with van der Waals surface area (Å²) in [5.41, 5.74) is 0.960. The van der Waals surface area contributed by atoms with Crippen molar-refractivity contribution in [1.82, 2.24) is 15.1 Å². The molecule has 0 aliphatic heterocycles. The number of anilines is 1. The highest BCUT2D eigenvalue weighted by Crippen LogP contribution is 2.35. The van der Waals surface area contributed by atoms with E-state index < -0.39 is 5.82 Å². The summed E-state index contributed by atoms with van der Waals surface area (Å²) in [5, 5.41) is 6.89. The van der Waals surface area contributed by atoms with Gasteiger partial charge >= 0.3 is 0 Å². The largest absolute Gasteiger partial charge is 0.338 e. The van der Waals surface area contributed by atoms with Gasteiger partial charge in [0, 0.05) is 34.5 Å². The lowest BCUT2D eigenvalue weighted by Gasteiger charge is -2.15. The van der Waals surface area contributed by atoms with E-state index in [1.807, 2.05) is 20.8 Å². The molecule has 1 aliphatic carbocycles. The quantitative estimate of drug-likeness (QED) is 0.416. The van der Waals surface area contributed by atoms with Gasteiger partial charge in [0.15, 0.2) is 0 Å². The van der Waals surface area contributed by atoms with Gasteiger partial charge in [0.1, 0.15) is 11.6 Å². The van der Waals surface area contributed by atoms with Crippen LogP contribution in [0.1, 0.15) is 74.9 Å². The number of nitrogens with zero attached hydrogens (tertiary/aromatic N) is 3. The van der Waals surface area contributed by atoms with Crippen molar-refractivity contribution in [1.29, 1.82) is 0 Å². The minimum Gasteiger partial charge on any atom is -0.338 e. The summed E-state index contributed by atoms with van der Waals surface area (Å²) in [6, 6.07) is 6.14. The number of aromatic nitrogens is 3. The van der Waals surface area contributed by atoms with E-state index in [1.165, 1.54) is 18.3 Å². The molecule has 0 unspecified atom stereocenters. The highest BCUT2D eigenvalue weighted by molar-refractivity contribution is 6.31. The number of carbonyl (C=O) groups is 2. The first-order chi connectivity index (χ1) is 16.0. The Labute approximate surface area is 202 Å². The second kappa shape index (κ2) is 9.25. The number of rotatable bonds is 7. The summed E-state index contributed by atoms with van der Waals surface area (Å²) >= 11 is 6.50. The molecule has 0 radical (unpaired) electrons. The standard InChI is InChI=1S/C25H26ClFN4O3/c1-13(9-20(32)22-30-24(34-31-22)25(2,3)4)16-12-19(27)17(11-18(16)26)15-7-8-28-21(10-15)29-23(33)14-5-6-14/h7-8,10-14H,5-6,9H2,1-4H3,(H,28,29,33)/t13-/m0/s1. The molecule has 1 amide bonds. The highest BCUT2D eigenvalue weighted by Gasteiger charge is 2.30. The Kier molecular flexibility index (Phi) is 6.53. The number of halogens is 2. The summed E-state index contributed by atoms with van der Waals surface area (Å²) in [6.45, 7) is 7.53. The minimum absolute atomic E-state index is 0.00236. The van der Waals surface area contributed by atoms with E-state index >= 15 is 4.39 Å². The fraction of sp³-hybridized carbons (Fsp3) is 0.400. The number of benzene rings is 1. The average Bonchev–Trinajstić information content (AvgIpc) is 3.50. The Morgan fingerprint density at radius 3 is 2.65 bits per heavy atom. The van der Waals surface area contributed by atoms with Crippen molar-refractivity contribution in [3.8, 4) is 11.1 Å². The maximum Gasteiger partial charge on any atom is 0.238 e. The first kappa shape index (κ1) is 24.0. The van der Waals surface area contributed by atoms with Crippen molar-refractivity contribution >= 4 is 29.1 Å². The van der Waals surface area contributed by atoms with Gasteiger partial charge in [0.25, 0.3) is 0 Å². The number of nitrogens with one attached hydrogen (secondary N) is 1. The van der Waals surface area contributed by atoms with E-state index in [2.05, 4.69) is 20.4 Å². The summed E-state index contributed by atoms with van der Waals surface area (Å²) in [7, 11) is 0. The van der Waals surface area contributed by atoms with Gasteiger partial charge in [-0.05, 0) is 54.2 Å². The molecular formula is C25H26ClFN4O3. The molecule has 1 N–H and O–H groups in total. The fourth-order valence-electron chi connectivity index (χ4n) is 3.52. The van der Waals surface area contributed by atoms with Gasteiger partial charge in [-0.2, -0.15) is 4.98 Å². The van der Waals surface area contributed by atoms with Crippen LogP contribution in [0, 0.1) is 11.7 Å². The summed E-state index contributed by atoms with van der Waals surface area (Å²) in [5.74, 6) is -0.463. The predicted molar refractivity (Wildman–Crippen MR) is 126 cm³/mol. The molecule has 2 aromatic heterocycles. The number of pyridine rings is 1. The molecule has 178 valence electrons. The molecule has 2 heterocycles. The van der Waals surface area contributed by atoms with Gasteiger partial charge in [-0.1, -0.05) is 44.5 Å². The number of amides is 1. The third kappa shape index (κ3) is 5.33. The summed E-state index contributed by atoms with van der Waals surface area (Å²) < 4.78 is 20.3. The maximum absolute atomic E-state index is 15.1. The van der Waals surface area contributed by atoms with Crippen molar-refractivity contribution in [3.05, 3.63) is 58.6 Å². The second-order valence-electron chi connectivity index (χ2n) is 9.75.